The van der Waals surface area contributed by atoms with E-state index in [0.29, 0.717) is 0 Å². The van der Waals surface area contributed by atoms with Crippen LogP contribution >= 0.6 is 0 Å². The second-order valence-corrected chi connectivity index (χ2v) is 3.02. The molecule has 0 bridgehead atoms. The molecule has 0 aromatic heterocycles. The number of carbonyl (C=O) groups is 1. The van der Waals surface area contributed by atoms with Gasteiger partial charge in [-0.2, -0.15) is 0 Å². The van der Waals surface area contributed by atoms with Gasteiger partial charge in [-0.25, -0.2) is 0 Å². The van der Waals surface area contributed by atoms with Crippen molar-refractivity contribution in [1.29, 1.82) is 0 Å². The fraction of sp³-hybridized carbons (Fsp3) is 0.667. The second kappa shape index (κ2) is 3.74. The molecule has 0 aliphatic heterocycles. The minimum absolute atomic E-state index is 0.0300. The van der Waals surface area contributed by atoms with Gasteiger partial charge in [0.15, 0.2) is 0 Å². The van der Waals surface area contributed by atoms with Gasteiger partial charge in [0.25, 0.3) is 0 Å². The van der Waals surface area contributed by atoms with Crippen LogP contribution in [0.3, 0.4) is 0 Å². The molecule has 0 aliphatic rings. The maximum atomic E-state index is 10.7. The normalized spacial score (nSPS) is 8.80. The predicted octanol–water partition coefficient (Wildman–Crippen LogP) is -0.718. The van der Waals surface area contributed by atoms with E-state index in [2.05, 4.69) is 15.6 Å². The molecule has 0 saturated heterocycles. The molecule has 0 aliphatic carbocycles. The van der Waals surface area contributed by atoms with Gasteiger partial charge in [-0.1, -0.05) is 0 Å². The Kier molecular flexibility index (Phi) is 3.61. The van der Waals surface area contributed by atoms with E-state index in [1.165, 1.54) is 6.92 Å². The summed E-state index contributed by atoms with van der Waals surface area (Å²) in [5.41, 5.74) is 0. The van der Waals surface area contributed by atoms with Crippen LogP contribution in [-0.2, 0) is 4.79 Å². The van der Waals surface area contributed by atoms with E-state index in [0.717, 1.165) is 4.67 Å². The summed E-state index contributed by atoms with van der Waals surface area (Å²) >= 11 is 2.81. The molecule has 0 aromatic carbocycles. The van der Waals surface area contributed by atoms with Gasteiger partial charge in [-0.3, -0.25) is 0 Å². The van der Waals surface area contributed by atoms with Crippen molar-refractivity contribution >= 4 is 26.1 Å². The molecule has 0 saturated carbocycles. The van der Waals surface area contributed by atoms with E-state index in [-0.39, 0.29) is 5.91 Å². The average molecular weight is 207 g/mol. The van der Waals surface area contributed by atoms with Crippen LogP contribution in [0.2, 0.25) is 0 Å². The van der Waals surface area contributed by atoms with Crippen molar-refractivity contribution in [2.75, 3.05) is 21.1 Å². The molecule has 0 aromatic rings. The van der Waals surface area contributed by atoms with Crippen molar-refractivity contribution < 1.29 is 4.79 Å². The monoisotopic (exact) mass is 208 g/mol. The van der Waals surface area contributed by atoms with Gasteiger partial charge in [0.1, 0.15) is 0 Å². The molecule has 0 fully saturated rings. The quantitative estimate of drug-likeness (QED) is 0.558. The Bertz CT molecular complexity index is 156. The maximum absolute atomic E-state index is 10.7. The molecular formula is C6H12N2OSe. The molecule has 1 amide bonds. The fourth-order valence-electron chi connectivity index (χ4n) is 0.435. The molecule has 0 spiro atoms. The van der Waals surface area contributed by atoms with Crippen molar-refractivity contribution in [3.63, 3.8) is 0 Å². The number of hydrogen-bond acceptors (Lipinski definition) is 2. The third-order valence-electron chi connectivity index (χ3n) is 1.14. The molecule has 0 atom stereocenters. The molecule has 0 rings (SSSR count). The third-order valence-corrected chi connectivity index (χ3v) is 2.48. The minimum atomic E-state index is 0.0300. The number of carbonyl (C=O) groups excluding carboxylic acids is 1. The van der Waals surface area contributed by atoms with Crippen molar-refractivity contribution in [3.8, 4) is 0 Å². The van der Waals surface area contributed by atoms with Gasteiger partial charge in [0.05, 0.1) is 0 Å². The number of hydrogen-bond donors (Lipinski definition) is 0. The zero-order valence-corrected chi connectivity index (χ0v) is 8.42. The first-order chi connectivity index (χ1) is 4.46. The zero-order chi connectivity index (χ0) is 8.31. The van der Waals surface area contributed by atoms with Gasteiger partial charge in [0.2, 0.25) is 0 Å². The van der Waals surface area contributed by atoms with Crippen LogP contribution in [0.4, 0.5) is 0 Å². The van der Waals surface area contributed by atoms with Crippen LogP contribution in [0, 0.1) is 0 Å². The molecular weight excluding hydrogens is 195 g/mol. The molecule has 0 unspecified atom stereocenters. The summed E-state index contributed by atoms with van der Waals surface area (Å²) in [4.78, 5) is 14.2. The van der Waals surface area contributed by atoms with Crippen LogP contribution in [0.1, 0.15) is 6.92 Å². The zero-order valence-electron chi connectivity index (χ0n) is 6.71. The topological polar surface area (TPSA) is 23.6 Å². The Labute approximate surface area is 69.3 Å². The van der Waals surface area contributed by atoms with Crippen molar-refractivity contribution in [2.24, 2.45) is 0 Å². The Morgan fingerprint density at radius 1 is 1.30 bits per heavy atom. The first-order valence-electron chi connectivity index (χ1n) is 2.92. The SMILES string of the molecule is CC(=O)N(C)C(=[Se])N(C)C. The third kappa shape index (κ3) is 2.50. The van der Waals surface area contributed by atoms with Gasteiger partial charge in [-0.15, -0.1) is 0 Å². The van der Waals surface area contributed by atoms with Crippen molar-refractivity contribution in [3.05, 3.63) is 0 Å². The summed E-state index contributed by atoms with van der Waals surface area (Å²) in [6.07, 6.45) is 0. The van der Waals surface area contributed by atoms with Crippen LogP contribution in [0.15, 0.2) is 0 Å². The Balaban J connectivity index is 4.08. The Morgan fingerprint density at radius 2 is 1.70 bits per heavy atom. The molecule has 0 radical (unpaired) electrons. The van der Waals surface area contributed by atoms with E-state index in [4.69, 9.17) is 0 Å². The standard InChI is InChI=1S/C6H12N2OSe/c1-5(9)8(4)6(10)7(2)3/h1-4H3. The predicted molar refractivity (Wildman–Crippen MR) is 42.9 cm³/mol. The van der Waals surface area contributed by atoms with Crippen LogP contribution in [-0.4, -0.2) is 57.1 Å². The molecule has 3 nitrogen and oxygen atoms in total. The average Bonchev–Trinajstić information content (AvgIpc) is 1.84. The van der Waals surface area contributed by atoms with Gasteiger partial charge in [-0.05, 0) is 0 Å². The number of rotatable bonds is 2. The van der Waals surface area contributed by atoms with Crippen molar-refractivity contribution in [1.82, 2.24) is 9.80 Å². The van der Waals surface area contributed by atoms with Crippen LogP contribution in [0.5, 0.6) is 0 Å². The first-order valence-corrected chi connectivity index (χ1v) is 3.78. The summed E-state index contributed by atoms with van der Waals surface area (Å²) < 4.78 is 0.826. The number of nitrogens with zero attached hydrogens (tertiary/aromatic N) is 2. The summed E-state index contributed by atoms with van der Waals surface area (Å²) in [6.45, 7) is 1.53. The van der Waals surface area contributed by atoms with Gasteiger partial charge in [0, 0.05) is 0 Å². The van der Waals surface area contributed by atoms with E-state index >= 15 is 0 Å². The fourth-order valence-corrected chi connectivity index (χ4v) is 0.704. The van der Waals surface area contributed by atoms with E-state index in [9.17, 15) is 4.79 Å². The van der Waals surface area contributed by atoms with Gasteiger partial charge >= 0.3 is 68.8 Å². The molecule has 10 heavy (non-hydrogen) atoms. The summed E-state index contributed by atoms with van der Waals surface area (Å²) in [5, 5.41) is 0. The molecule has 0 heterocycles. The van der Waals surface area contributed by atoms with E-state index in [1.54, 1.807) is 11.9 Å². The molecule has 58 valence electrons. The second-order valence-electron chi connectivity index (χ2n) is 2.26. The van der Waals surface area contributed by atoms with Crippen LogP contribution in [0.25, 0.3) is 0 Å². The van der Waals surface area contributed by atoms with Crippen LogP contribution < -0.4 is 0 Å². The van der Waals surface area contributed by atoms with Gasteiger partial charge < -0.3 is 0 Å². The van der Waals surface area contributed by atoms with Crippen molar-refractivity contribution in [2.45, 2.75) is 6.92 Å². The first kappa shape index (κ1) is 9.66. The summed E-state index contributed by atoms with van der Waals surface area (Å²) in [6, 6.07) is 0. The summed E-state index contributed by atoms with van der Waals surface area (Å²) in [5.74, 6) is 0.0300. The molecule has 0 N–H and O–H groups in total. The Morgan fingerprint density at radius 3 is 1.80 bits per heavy atom. The summed E-state index contributed by atoms with van der Waals surface area (Å²) in [7, 11) is 5.49. The Hall–Kier alpha value is -0.341. The van der Waals surface area contributed by atoms with E-state index in [1.807, 2.05) is 19.0 Å². The molecule has 4 heteroatoms. The van der Waals surface area contributed by atoms with E-state index < -0.39 is 0 Å². The number of amides is 1.